The first-order valence-electron chi connectivity index (χ1n) is 12.7. The molecule has 5 rings (SSSR count). The summed E-state index contributed by atoms with van der Waals surface area (Å²) >= 11 is 0. The molecule has 2 fully saturated rings. The summed E-state index contributed by atoms with van der Waals surface area (Å²) in [5, 5.41) is 27.2. The molecule has 5 atom stereocenters. The number of fused-ring (bicyclic) bond motifs is 1. The third kappa shape index (κ3) is 5.26. The highest BCUT2D eigenvalue weighted by Crippen LogP contribution is 2.31. The van der Waals surface area contributed by atoms with Crippen molar-refractivity contribution in [2.75, 3.05) is 5.73 Å². The van der Waals surface area contributed by atoms with Crippen molar-refractivity contribution in [3.63, 3.8) is 0 Å². The summed E-state index contributed by atoms with van der Waals surface area (Å²) in [6.07, 6.45) is 0.502. The number of aromatic nitrogens is 4. The second-order valence-electron chi connectivity index (χ2n) is 9.80. The topological polar surface area (TPSA) is 197 Å². The molecular formula is C25H31N7O6. The number of benzene rings is 1. The van der Waals surface area contributed by atoms with Gasteiger partial charge in [0.15, 0.2) is 23.5 Å². The quantitative estimate of drug-likeness (QED) is 0.235. The SMILES string of the molecule is Nc1nc2c(ncn2[C@@H]2O[C@H](C(=O)N[C@H](Cc3ccccc3)C(=O)NC3CCCCC3)[C@@H](O)[C@H]2O)c(=O)[nH]1. The van der Waals surface area contributed by atoms with E-state index in [0.29, 0.717) is 0 Å². The second-order valence-corrected chi connectivity index (χ2v) is 9.80. The van der Waals surface area contributed by atoms with E-state index in [0.717, 1.165) is 37.7 Å². The normalized spacial score (nSPS) is 24.8. The fourth-order valence-corrected chi connectivity index (χ4v) is 5.10. The molecule has 2 amide bonds. The van der Waals surface area contributed by atoms with Gasteiger partial charge >= 0.3 is 0 Å². The maximum absolute atomic E-state index is 13.3. The van der Waals surface area contributed by atoms with Crippen LogP contribution in [0.2, 0.25) is 0 Å². The number of carbonyl (C=O) groups is 2. The molecule has 0 unspecified atom stereocenters. The first-order chi connectivity index (χ1) is 18.3. The van der Waals surface area contributed by atoms with Crippen molar-refractivity contribution in [1.29, 1.82) is 0 Å². The number of ether oxygens (including phenoxy) is 1. The number of hydrogen-bond acceptors (Lipinski definition) is 9. The van der Waals surface area contributed by atoms with Gasteiger partial charge in [0.25, 0.3) is 11.5 Å². The molecule has 2 aliphatic rings. The minimum atomic E-state index is -1.62. The number of aliphatic hydroxyl groups is 2. The highest BCUT2D eigenvalue weighted by molar-refractivity contribution is 5.90. The Morgan fingerprint density at radius 2 is 1.89 bits per heavy atom. The van der Waals surface area contributed by atoms with E-state index >= 15 is 0 Å². The van der Waals surface area contributed by atoms with Crippen molar-refractivity contribution in [3.8, 4) is 0 Å². The van der Waals surface area contributed by atoms with Gasteiger partial charge in [0.2, 0.25) is 11.9 Å². The van der Waals surface area contributed by atoms with Gasteiger partial charge in [-0.2, -0.15) is 4.98 Å². The fraction of sp³-hybridized carbons (Fsp3) is 0.480. The summed E-state index contributed by atoms with van der Waals surface area (Å²) in [6, 6.07) is 8.39. The molecule has 7 N–H and O–H groups in total. The molecule has 38 heavy (non-hydrogen) atoms. The van der Waals surface area contributed by atoms with Crippen LogP contribution in [0.15, 0.2) is 41.5 Å². The lowest BCUT2D eigenvalue weighted by molar-refractivity contribution is -0.140. The van der Waals surface area contributed by atoms with Crippen LogP contribution in [0.1, 0.15) is 43.9 Å². The number of anilines is 1. The second kappa shape index (κ2) is 10.9. The minimum absolute atomic E-state index is 0.0253. The van der Waals surface area contributed by atoms with Gasteiger partial charge in [-0.05, 0) is 18.4 Å². The van der Waals surface area contributed by atoms with Gasteiger partial charge in [-0.15, -0.1) is 0 Å². The van der Waals surface area contributed by atoms with E-state index in [9.17, 15) is 24.6 Å². The van der Waals surface area contributed by atoms with Crippen LogP contribution in [0.4, 0.5) is 5.95 Å². The van der Waals surface area contributed by atoms with E-state index in [1.807, 2.05) is 30.3 Å². The summed E-state index contributed by atoms with van der Waals surface area (Å²) in [4.78, 5) is 49.0. The molecule has 202 valence electrons. The van der Waals surface area contributed by atoms with Crippen LogP contribution in [0.5, 0.6) is 0 Å². The van der Waals surface area contributed by atoms with Crippen LogP contribution in [0.25, 0.3) is 11.2 Å². The predicted octanol–water partition coefficient (Wildman–Crippen LogP) is -0.503. The zero-order valence-electron chi connectivity index (χ0n) is 20.6. The Labute approximate surface area is 217 Å². The molecule has 3 heterocycles. The number of nitrogens with one attached hydrogen (secondary N) is 3. The van der Waals surface area contributed by atoms with Crippen molar-refractivity contribution >= 4 is 28.9 Å². The Hall–Kier alpha value is -3.81. The number of amides is 2. The van der Waals surface area contributed by atoms with E-state index in [-0.39, 0.29) is 35.5 Å². The fourth-order valence-electron chi connectivity index (χ4n) is 5.10. The molecule has 13 heteroatoms. The monoisotopic (exact) mass is 525 g/mol. The van der Waals surface area contributed by atoms with Crippen molar-refractivity contribution in [2.45, 2.75) is 75.1 Å². The van der Waals surface area contributed by atoms with Gasteiger partial charge in [0, 0.05) is 12.5 Å². The lowest BCUT2D eigenvalue weighted by Gasteiger charge is -2.27. The van der Waals surface area contributed by atoms with E-state index < -0.39 is 42.0 Å². The first-order valence-corrected chi connectivity index (χ1v) is 12.7. The highest BCUT2D eigenvalue weighted by atomic mass is 16.6. The number of nitrogen functional groups attached to an aromatic ring is 1. The number of hydrogen-bond donors (Lipinski definition) is 6. The van der Waals surface area contributed by atoms with Crippen molar-refractivity contribution in [1.82, 2.24) is 30.2 Å². The van der Waals surface area contributed by atoms with Crippen molar-refractivity contribution < 1.29 is 24.5 Å². The minimum Gasteiger partial charge on any atom is -0.387 e. The van der Waals surface area contributed by atoms with Crippen LogP contribution < -0.4 is 21.9 Å². The summed E-state index contributed by atoms with van der Waals surface area (Å²) in [5.74, 6) is -1.24. The van der Waals surface area contributed by atoms with Gasteiger partial charge in [0.1, 0.15) is 18.2 Å². The van der Waals surface area contributed by atoms with Gasteiger partial charge < -0.3 is 31.3 Å². The molecule has 3 aromatic rings. The molecule has 1 saturated heterocycles. The average Bonchev–Trinajstić information content (AvgIpc) is 3.45. The zero-order valence-corrected chi connectivity index (χ0v) is 20.6. The Morgan fingerprint density at radius 1 is 1.16 bits per heavy atom. The van der Waals surface area contributed by atoms with Crippen LogP contribution in [-0.2, 0) is 20.7 Å². The van der Waals surface area contributed by atoms with E-state index in [1.165, 1.54) is 10.9 Å². The Morgan fingerprint density at radius 3 is 2.63 bits per heavy atom. The molecule has 1 aromatic carbocycles. The molecule has 1 aliphatic carbocycles. The Balaban J connectivity index is 1.34. The van der Waals surface area contributed by atoms with Gasteiger partial charge in [0.05, 0.1) is 6.33 Å². The third-order valence-corrected chi connectivity index (χ3v) is 7.09. The number of rotatable bonds is 7. The van der Waals surface area contributed by atoms with Gasteiger partial charge in [-0.3, -0.25) is 23.9 Å². The number of nitrogens with two attached hydrogens (primary N) is 1. The van der Waals surface area contributed by atoms with Crippen LogP contribution in [0, 0.1) is 0 Å². The van der Waals surface area contributed by atoms with Gasteiger partial charge in [-0.25, -0.2) is 4.98 Å². The van der Waals surface area contributed by atoms with Crippen LogP contribution in [0.3, 0.4) is 0 Å². The number of imidazole rings is 1. The molecule has 13 nitrogen and oxygen atoms in total. The van der Waals surface area contributed by atoms with Crippen molar-refractivity contribution in [3.05, 3.63) is 52.6 Å². The summed E-state index contributed by atoms with van der Waals surface area (Å²) in [7, 11) is 0. The molecule has 2 aromatic heterocycles. The molecule has 0 radical (unpaired) electrons. The molecule has 1 saturated carbocycles. The number of aliphatic hydroxyl groups excluding tert-OH is 2. The number of carbonyl (C=O) groups excluding carboxylic acids is 2. The lowest BCUT2D eigenvalue weighted by Crippen LogP contribution is -2.54. The van der Waals surface area contributed by atoms with E-state index in [1.54, 1.807) is 0 Å². The van der Waals surface area contributed by atoms with Gasteiger partial charge in [-0.1, -0.05) is 49.6 Å². The Bertz CT molecular complexity index is 1350. The average molecular weight is 526 g/mol. The van der Waals surface area contributed by atoms with Crippen molar-refractivity contribution in [2.24, 2.45) is 0 Å². The summed E-state index contributed by atoms with van der Waals surface area (Å²) in [6.45, 7) is 0. The zero-order chi connectivity index (χ0) is 26.8. The maximum Gasteiger partial charge on any atom is 0.280 e. The smallest absolute Gasteiger partial charge is 0.280 e. The van der Waals surface area contributed by atoms with Crippen LogP contribution >= 0.6 is 0 Å². The number of aromatic amines is 1. The van der Waals surface area contributed by atoms with E-state index in [2.05, 4.69) is 25.6 Å². The van der Waals surface area contributed by atoms with E-state index in [4.69, 9.17) is 10.5 Å². The Kier molecular flexibility index (Phi) is 7.40. The molecule has 0 spiro atoms. The van der Waals surface area contributed by atoms with Crippen LogP contribution in [-0.4, -0.2) is 71.9 Å². The molecule has 1 aliphatic heterocycles. The summed E-state index contributed by atoms with van der Waals surface area (Å²) in [5.41, 5.74) is 5.89. The first kappa shape index (κ1) is 25.8. The predicted molar refractivity (Wildman–Crippen MR) is 136 cm³/mol. The maximum atomic E-state index is 13.3. The third-order valence-electron chi connectivity index (χ3n) is 7.09. The number of nitrogens with zero attached hydrogens (tertiary/aromatic N) is 3. The number of H-pyrrole nitrogens is 1. The summed E-state index contributed by atoms with van der Waals surface area (Å²) < 4.78 is 6.98. The standard InChI is InChI=1S/C25H31N7O6/c26-25-30-20-16(22(36)31-25)27-12-32(20)24-18(34)17(33)19(38-24)23(37)29-15(11-13-7-3-1-4-8-13)21(35)28-14-9-5-2-6-10-14/h1,3-4,7-8,12,14-15,17-19,24,33-34H,2,5-6,9-11H2,(H,28,35)(H,29,37)(H3,26,30,31,36)/t15-,17+,18-,19+,24-/m1/s1. The highest BCUT2D eigenvalue weighted by Gasteiger charge is 2.48. The molecule has 0 bridgehead atoms. The molecular weight excluding hydrogens is 494 g/mol. The lowest BCUT2D eigenvalue weighted by atomic mass is 9.95. The largest absolute Gasteiger partial charge is 0.387 e.